The van der Waals surface area contributed by atoms with Crippen LogP contribution in [-0.4, -0.2) is 110 Å². The van der Waals surface area contributed by atoms with Crippen molar-refractivity contribution in [3.05, 3.63) is 12.2 Å². The predicted molar refractivity (Wildman–Crippen MR) is 201 cm³/mol. The summed E-state index contributed by atoms with van der Waals surface area (Å²) in [6.45, 7) is 3.45. The third-order valence-corrected chi connectivity index (χ3v) is 10.0. The summed E-state index contributed by atoms with van der Waals surface area (Å²) in [7, 11) is 0. The van der Waals surface area contributed by atoms with Gasteiger partial charge in [0.15, 0.2) is 6.29 Å². The zero-order chi connectivity index (χ0) is 37.7. The Morgan fingerprint density at radius 3 is 1.78 bits per heavy atom. The molecule has 0 aliphatic carbocycles. The van der Waals surface area contributed by atoms with Gasteiger partial charge in [0.1, 0.15) is 30.5 Å². The van der Waals surface area contributed by atoms with Gasteiger partial charge in [-0.05, 0) is 51.4 Å². The van der Waals surface area contributed by atoms with Gasteiger partial charge in [-0.2, -0.15) is 0 Å². The molecule has 0 bridgehead atoms. The summed E-state index contributed by atoms with van der Waals surface area (Å²) in [5.41, 5.74) is 0. The number of nitrogens with one attached hydrogen (secondary N) is 1. The Hall–Kier alpha value is -1.15. The quantitative estimate of drug-likeness (QED) is 0.0324. The summed E-state index contributed by atoms with van der Waals surface area (Å²) in [4.78, 5) is 12.9. The number of rotatable bonds is 33. The Bertz CT molecular complexity index is 846. The third kappa shape index (κ3) is 22.6. The maximum absolute atomic E-state index is 12.9. The van der Waals surface area contributed by atoms with Gasteiger partial charge in [0, 0.05) is 6.42 Å². The average molecular weight is 732 g/mol. The van der Waals surface area contributed by atoms with E-state index in [2.05, 4.69) is 31.3 Å². The molecule has 0 aromatic carbocycles. The van der Waals surface area contributed by atoms with Crippen molar-refractivity contribution in [3.8, 4) is 0 Å². The van der Waals surface area contributed by atoms with E-state index in [0.717, 1.165) is 83.5 Å². The van der Waals surface area contributed by atoms with E-state index >= 15 is 0 Å². The van der Waals surface area contributed by atoms with Gasteiger partial charge >= 0.3 is 0 Å². The number of carbonyl (C=O) groups is 1. The van der Waals surface area contributed by atoms with E-state index in [0.29, 0.717) is 19.3 Å². The second kappa shape index (κ2) is 31.2. The van der Waals surface area contributed by atoms with Crippen LogP contribution in [-0.2, 0) is 14.3 Å². The molecule has 51 heavy (non-hydrogen) atoms. The van der Waals surface area contributed by atoms with Crippen LogP contribution < -0.4 is 5.32 Å². The first kappa shape index (κ1) is 47.9. The van der Waals surface area contributed by atoms with Crippen LogP contribution in [0.1, 0.15) is 168 Å². The zero-order valence-corrected chi connectivity index (χ0v) is 32.1. The number of amides is 1. The minimum atomic E-state index is -1.62. The number of allylic oxidation sites excluding steroid dienone is 2. The number of aliphatic hydroxyl groups is 7. The summed E-state index contributed by atoms with van der Waals surface area (Å²) >= 11 is 0. The van der Waals surface area contributed by atoms with E-state index in [1.165, 1.54) is 44.9 Å². The lowest BCUT2D eigenvalue weighted by atomic mass is 9.98. The van der Waals surface area contributed by atoms with Crippen LogP contribution in [0.4, 0.5) is 0 Å². The molecule has 1 saturated heterocycles. The van der Waals surface area contributed by atoms with E-state index < -0.39 is 55.6 Å². The number of unbranched alkanes of at least 4 members (excludes halogenated alkanes) is 16. The molecule has 1 aliphatic rings. The molecular formula is C40H77NO10. The smallest absolute Gasteiger partial charge is 0.220 e. The third-order valence-electron chi connectivity index (χ3n) is 10.0. The maximum atomic E-state index is 12.9. The van der Waals surface area contributed by atoms with Gasteiger partial charge in [0.2, 0.25) is 5.91 Å². The molecule has 0 aromatic heterocycles. The van der Waals surface area contributed by atoms with Crippen LogP contribution in [0.5, 0.6) is 0 Å². The summed E-state index contributed by atoms with van der Waals surface area (Å²) in [6.07, 6.45) is 18.0. The van der Waals surface area contributed by atoms with E-state index in [-0.39, 0.29) is 25.0 Å². The molecule has 0 saturated carbocycles. The molecule has 0 radical (unpaired) electrons. The first-order valence-corrected chi connectivity index (χ1v) is 20.6. The molecule has 1 fully saturated rings. The molecule has 1 rings (SSSR count). The molecular weight excluding hydrogens is 654 g/mol. The van der Waals surface area contributed by atoms with E-state index in [4.69, 9.17) is 9.47 Å². The molecule has 0 spiro atoms. The van der Waals surface area contributed by atoms with Crippen LogP contribution in [0.25, 0.3) is 0 Å². The molecule has 0 aromatic rings. The van der Waals surface area contributed by atoms with Crippen LogP contribution in [0.15, 0.2) is 12.2 Å². The van der Waals surface area contributed by atoms with Crippen LogP contribution >= 0.6 is 0 Å². The zero-order valence-electron chi connectivity index (χ0n) is 32.1. The highest BCUT2D eigenvalue weighted by Gasteiger charge is 2.44. The van der Waals surface area contributed by atoms with Gasteiger partial charge in [0.25, 0.3) is 0 Å². The first-order chi connectivity index (χ1) is 24.7. The maximum Gasteiger partial charge on any atom is 0.220 e. The lowest BCUT2D eigenvalue weighted by molar-refractivity contribution is -0.303. The van der Waals surface area contributed by atoms with Crippen molar-refractivity contribution in [2.45, 2.75) is 223 Å². The molecule has 11 nitrogen and oxygen atoms in total. The van der Waals surface area contributed by atoms with Crippen molar-refractivity contribution in [2.75, 3.05) is 13.2 Å². The van der Waals surface area contributed by atoms with Gasteiger partial charge in [0.05, 0.1) is 31.5 Å². The summed E-state index contributed by atoms with van der Waals surface area (Å²) < 4.78 is 11.1. The molecule has 1 amide bonds. The Morgan fingerprint density at radius 2 is 1.20 bits per heavy atom. The van der Waals surface area contributed by atoms with E-state index in [1.54, 1.807) is 0 Å². The van der Waals surface area contributed by atoms with Gasteiger partial charge in [-0.15, -0.1) is 0 Å². The normalized spacial score (nSPS) is 23.4. The predicted octanol–water partition coefficient (Wildman–Crippen LogP) is 5.33. The minimum absolute atomic E-state index is 0.238. The number of ether oxygens (including phenoxy) is 2. The van der Waals surface area contributed by atoms with Crippen molar-refractivity contribution in [1.82, 2.24) is 5.32 Å². The van der Waals surface area contributed by atoms with E-state index in [1.807, 2.05) is 0 Å². The Labute approximate surface area is 309 Å². The van der Waals surface area contributed by atoms with Crippen molar-refractivity contribution in [2.24, 2.45) is 0 Å². The second-order valence-electron chi connectivity index (χ2n) is 14.7. The molecule has 9 atom stereocenters. The van der Waals surface area contributed by atoms with Gasteiger partial charge in [-0.3, -0.25) is 4.79 Å². The Morgan fingerprint density at radius 1 is 0.686 bits per heavy atom. The van der Waals surface area contributed by atoms with E-state index in [9.17, 15) is 40.5 Å². The largest absolute Gasteiger partial charge is 0.394 e. The number of hydrogen-bond donors (Lipinski definition) is 8. The molecule has 1 aliphatic heterocycles. The number of aliphatic hydroxyl groups excluding tert-OH is 7. The second-order valence-corrected chi connectivity index (χ2v) is 14.7. The highest BCUT2D eigenvalue weighted by molar-refractivity contribution is 5.76. The monoisotopic (exact) mass is 732 g/mol. The molecule has 11 heteroatoms. The fourth-order valence-corrected chi connectivity index (χ4v) is 6.56. The average Bonchev–Trinajstić information content (AvgIpc) is 3.12. The van der Waals surface area contributed by atoms with Crippen LogP contribution in [0.3, 0.4) is 0 Å². The summed E-state index contributed by atoms with van der Waals surface area (Å²) in [6, 6.07) is -1.02. The number of carbonyl (C=O) groups excluding carboxylic acids is 1. The van der Waals surface area contributed by atoms with Crippen molar-refractivity contribution < 1.29 is 50.0 Å². The van der Waals surface area contributed by atoms with Crippen LogP contribution in [0, 0.1) is 0 Å². The van der Waals surface area contributed by atoms with Crippen LogP contribution in [0.2, 0.25) is 0 Å². The lowest BCUT2D eigenvalue weighted by Gasteiger charge is -2.40. The van der Waals surface area contributed by atoms with Gasteiger partial charge < -0.3 is 50.5 Å². The topological polar surface area (TPSA) is 189 Å². The van der Waals surface area contributed by atoms with Gasteiger partial charge in [-0.25, -0.2) is 0 Å². The van der Waals surface area contributed by atoms with Crippen molar-refractivity contribution in [1.29, 1.82) is 0 Å². The standard InChI is InChI=1S/C40H77NO10/c1-3-5-7-9-10-11-12-13-14-15-16-20-24-28-35(45)41-32(30-50-40-39(49)38(48)37(47)34(29-42)51-40)36(46)33(44)27-23-19-17-18-22-26-31(43)25-21-8-6-4-2/h11-12,31-34,36-40,42-44,46-49H,3-10,13-30H2,1-2H3,(H,41,45). The highest BCUT2D eigenvalue weighted by Crippen LogP contribution is 2.23. The lowest BCUT2D eigenvalue weighted by Crippen LogP contribution is -2.60. The summed E-state index contributed by atoms with van der Waals surface area (Å²) in [5.74, 6) is -0.290. The summed E-state index contributed by atoms with van der Waals surface area (Å²) in [5, 5.41) is 75.0. The Balaban J connectivity index is 2.50. The molecule has 8 N–H and O–H groups in total. The SMILES string of the molecule is CCCCCCC=CCCCCCCCC(=O)NC(COC1OC(CO)C(O)C(O)C1O)C(O)C(O)CCCCCCCC(O)CCCCCC. The van der Waals surface area contributed by atoms with Crippen molar-refractivity contribution >= 4 is 5.91 Å². The van der Waals surface area contributed by atoms with Crippen molar-refractivity contribution in [3.63, 3.8) is 0 Å². The molecule has 302 valence electrons. The fourth-order valence-electron chi connectivity index (χ4n) is 6.56. The van der Waals surface area contributed by atoms with Gasteiger partial charge in [-0.1, -0.05) is 122 Å². The molecule has 9 unspecified atom stereocenters. The minimum Gasteiger partial charge on any atom is -0.394 e. The first-order valence-electron chi connectivity index (χ1n) is 20.6. The number of hydrogen-bond acceptors (Lipinski definition) is 10. The highest BCUT2D eigenvalue weighted by atomic mass is 16.7. The fraction of sp³-hybridized carbons (Fsp3) is 0.925. The Kier molecular flexibility index (Phi) is 29.3. The molecule has 1 heterocycles.